The second-order valence-corrected chi connectivity index (χ2v) is 7.39. The van der Waals surface area contributed by atoms with Crippen LogP contribution in [-0.4, -0.2) is 31.1 Å². The average Bonchev–Trinajstić information content (AvgIpc) is 2.70. The molecule has 0 aliphatic carbocycles. The van der Waals surface area contributed by atoms with Crippen molar-refractivity contribution in [1.82, 2.24) is 5.43 Å². The molecule has 0 bridgehead atoms. The second-order valence-electron chi connectivity index (χ2n) is 5.90. The molecule has 29 heavy (non-hydrogen) atoms. The smallest absolute Gasteiger partial charge is 0.250 e. The molecule has 2 aromatic carbocycles. The van der Waals surface area contributed by atoms with Gasteiger partial charge in [0.2, 0.25) is 5.91 Å². The molecule has 0 spiro atoms. The monoisotopic (exact) mass is 432 g/mol. The van der Waals surface area contributed by atoms with Gasteiger partial charge in [0.25, 0.3) is 0 Å². The van der Waals surface area contributed by atoms with Crippen LogP contribution in [0.2, 0.25) is 5.02 Å². The maximum absolute atomic E-state index is 12.0. The number of nitrogens with zero attached hydrogens (tertiary/aromatic N) is 1. The van der Waals surface area contributed by atoms with E-state index in [0.717, 1.165) is 21.8 Å². The molecule has 1 N–H and O–H groups in total. The Balaban J connectivity index is 2.03. The van der Waals surface area contributed by atoms with Crippen molar-refractivity contribution >= 4 is 35.5 Å². The minimum Gasteiger partial charge on any atom is -0.490 e. The number of carbonyl (C=O) groups excluding carboxylic acids is 1. The van der Waals surface area contributed by atoms with Crippen molar-refractivity contribution in [3.8, 4) is 11.5 Å². The van der Waals surface area contributed by atoms with Crippen molar-refractivity contribution < 1.29 is 14.3 Å². The Bertz CT molecular complexity index is 854. The summed E-state index contributed by atoms with van der Waals surface area (Å²) < 4.78 is 11.5. The van der Waals surface area contributed by atoms with Crippen LogP contribution < -0.4 is 14.9 Å². The van der Waals surface area contributed by atoms with E-state index < -0.39 is 0 Å². The summed E-state index contributed by atoms with van der Waals surface area (Å²) in [4.78, 5) is 13.0. The van der Waals surface area contributed by atoms with E-state index in [-0.39, 0.29) is 11.7 Å². The average molecular weight is 433 g/mol. The number of amides is 1. The molecule has 1 amide bonds. The lowest BCUT2D eigenvalue weighted by Crippen LogP contribution is -2.19. The van der Waals surface area contributed by atoms with E-state index in [4.69, 9.17) is 21.1 Å². The van der Waals surface area contributed by atoms with Gasteiger partial charge in [-0.1, -0.05) is 17.7 Å². The molecular formula is C22H25ClN2O3S. The summed E-state index contributed by atoms with van der Waals surface area (Å²) in [5, 5.41) is 4.73. The highest BCUT2D eigenvalue weighted by Gasteiger charge is 2.12. The number of hydrazone groups is 1. The lowest BCUT2D eigenvalue weighted by atomic mass is 10.1. The molecule has 2 rings (SSSR count). The van der Waals surface area contributed by atoms with Gasteiger partial charge in [0.1, 0.15) is 0 Å². The summed E-state index contributed by atoms with van der Waals surface area (Å²) in [5.74, 6) is 1.44. The minimum absolute atomic E-state index is 0.191. The van der Waals surface area contributed by atoms with Gasteiger partial charge in [-0.05, 0) is 62.2 Å². The minimum atomic E-state index is -0.191. The normalized spacial score (nSPS) is 10.7. The first kappa shape index (κ1) is 22.8. The van der Waals surface area contributed by atoms with E-state index in [1.165, 1.54) is 11.8 Å². The molecule has 7 heteroatoms. The van der Waals surface area contributed by atoms with Crippen LogP contribution in [0.5, 0.6) is 11.5 Å². The largest absolute Gasteiger partial charge is 0.490 e. The van der Waals surface area contributed by atoms with E-state index in [1.807, 2.05) is 44.2 Å². The van der Waals surface area contributed by atoms with Crippen LogP contribution in [0.3, 0.4) is 0 Å². The van der Waals surface area contributed by atoms with E-state index >= 15 is 0 Å². The summed E-state index contributed by atoms with van der Waals surface area (Å²) in [7, 11) is 0. The Morgan fingerprint density at radius 3 is 2.59 bits per heavy atom. The third kappa shape index (κ3) is 7.48. The van der Waals surface area contributed by atoms with Crippen molar-refractivity contribution in [3.05, 3.63) is 65.2 Å². The highest BCUT2D eigenvalue weighted by Crippen LogP contribution is 2.33. The van der Waals surface area contributed by atoms with Gasteiger partial charge < -0.3 is 9.47 Å². The summed E-state index contributed by atoms with van der Waals surface area (Å²) in [6.07, 6.45) is 4.04. The number of thioether (sulfide) groups is 1. The van der Waals surface area contributed by atoms with E-state index in [1.54, 1.807) is 18.3 Å². The van der Waals surface area contributed by atoms with Gasteiger partial charge in [0, 0.05) is 15.5 Å². The number of rotatable bonds is 11. The zero-order valence-electron chi connectivity index (χ0n) is 16.6. The predicted octanol–water partition coefficient (Wildman–Crippen LogP) is 5.11. The molecular weight excluding hydrogens is 408 g/mol. The van der Waals surface area contributed by atoms with Crippen LogP contribution in [0.25, 0.3) is 0 Å². The molecule has 0 aliphatic heterocycles. The van der Waals surface area contributed by atoms with Crippen LogP contribution in [0.15, 0.2) is 59.1 Å². The molecule has 0 atom stereocenters. The first-order chi connectivity index (χ1) is 14.1. The number of allylic oxidation sites excluding steroid dienone is 1. The maximum atomic E-state index is 12.0. The van der Waals surface area contributed by atoms with Crippen molar-refractivity contribution in [2.75, 3.05) is 19.0 Å². The maximum Gasteiger partial charge on any atom is 0.250 e. The number of benzene rings is 2. The molecule has 0 fully saturated rings. The Kier molecular flexibility index (Phi) is 9.60. The van der Waals surface area contributed by atoms with Gasteiger partial charge in [-0.15, -0.1) is 18.3 Å². The molecule has 5 nitrogen and oxygen atoms in total. The number of ether oxygens (including phenoxy) is 2. The predicted molar refractivity (Wildman–Crippen MR) is 121 cm³/mol. The zero-order chi connectivity index (χ0) is 21.1. The lowest BCUT2D eigenvalue weighted by Gasteiger charge is -2.15. The molecule has 0 heterocycles. The third-order valence-corrected chi connectivity index (χ3v) is 4.96. The molecule has 2 aromatic rings. The summed E-state index contributed by atoms with van der Waals surface area (Å²) in [6.45, 7) is 8.71. The Morgan fingerprint density at radius 2 is 1.93 bits per heavy atom. The first-order valence-electron chi connectivity index (χ1n) is 9.31. The summed E-state index contributed by atoms with van der Waals surface area (Å²) >= 11 is 7.28. The quantitative estimate of drug-likeness (QED) is 0.232. The highest BCUT2D eigenvalue weighted by atomic mass is 35.5. The molecule has 0 radical (unpaired) electrons. The molecule has 154 valence electrons. The fourth-order valence-electron chi connectivity index (χ4n) is 2.53. The zero-order valence-corrected chi connectivity index (χ0v) is 18.2. The van der Waals surface area contributed by atoms with E-state index in [2.05, 4.69) is 17.1 Å². The fourth-order valence-corrected chi connectivity index (χ4v) is 3.34. The number of nitrogens with one attached hydrogen (secondary N) is 1. The Labute approximate surface area is 181 Å². The standard InChI is InChI=1S/C22H25ClN2O3S/c1-4-7-17-12-16(13-20(27-5-2)22(17)28-6-3)14-24-25-21(26)15-29-19-10-8-18(23)9-11-19/h4,8-14H,1,5-7,15H2,2-3H3,(H,25,26)/b24-14-. The van der Waals surface area contributed by atoms with Gasteiger partial charge in [-0.25, -0.2) is 5.43 Å². The summed E-state index contributed by atoms with van der Waals surface area (Å²) in [5.41, 5.74) is 4.31. The van der Waals surface area contributed by atoms with Crippen LogP contribution in [0, 0.1) is 0 Å². The van der Waals surface area contributed by atoms with Crippen LogP contribution in [-0.2, 0) is 11.2 Å². The molecule has 0 aromatic heterocycles. The molecule has 0 saturated heterocycles. The van der Waals surface area contributed by atoms with Crippen molar-refractivity contribution in [2.24, 2.45) is 5.10 Å². The molecule has 0 saturated carbocycles. The highest BCUT2D eigenvalue weighted by molar-refractivity contribution is 8.00. The topological polar surface area (TPSA) is 59.9 Å². The van der Waals surface area contributed by atoms with Crippen molar-refractivity contribution in [1.29, 1.82) is 0 Å². The number of hydrogen-bond acceptors (Lipinski definition) is 5. The third-order valence-electron chi connectivity index (χ3n) is 3.69. The number of carbonyl (C=O) groups is 1. The first-order valence-corrected chi connectivity index (χ1v) is 10.7. The lowest BCUT2D eigenvalue weighted by molar-refractivity contribution is -0.118. The van der Waals surface area contributed by atoms with Crippen molar-refractivity contribution in [3.63, 3.8) is 0 Å². The van der Waals surface area contributed by atoms with Crippen molar-refractivity contribution in [2.45, 2.75) is 25.2 Å². The SMILES string of the molecule is C=CCc1cc(/C=N\NC(=O)CSc2ccc(Cl)cc2)cc(OCC)c1OCC. The van der Waals surface area contributed by atoms with Crippen LogP contribution in [0.1, 0.15) is 25.0 Å². The fraction of sp³-hybridized carbons (Fsp3) is 0.273. The Morgan fingerprint density at radius 1 is 1.21 bits per heavy atom. The molecule has 0 aliphatic rings. The van der Waals surface area contributed by atoms with Gasteiger partial charge in [-0.3, -0.25) is 4.79 Å². The van der Waals surface area contributed by atoms with Gasteiger partial charge in [-0.2, -0.15) is 5.10 Å². The second kappa shape index (κ2) is 12.2. The van der Waals surface area contributed by atoms with E-state index in [0.29, 0.717) is 30.4 Å². The van der Waals surface area contributed by atoms with Gasteiger partial charge in [0.15, 0.2) is 11.5 Å². The Hall–Kier alpha value is -2.44. The number of hydrogen-bond donors (Lipinski definition) is 1. The van der Waals surface area contributed by atoms with Crippen LogP contribution >= 0.6 is 23.4 Å². The molecule has 0 unspecified atom stereocenters. The van der Waals surface area contributed by atoms with Crippen LogP contribution in [0.4, 0.5) is 0 Å². The van der Waals surface area contributed by atoms with Gasteiger partial charge in [0.05, 0.1) is 25.2 Å². The van der Waals surface area contributed by atoms with Gasteiger partial charge >= 0.3 is 0 Å². The number of halogens is 1. The van der Waals surface area contributed by atoms with E-state index in [9.17, 15) is 4.79 Å². The summed E-state index contributed by atoms with van der Waals surface area (Å²) in [6, 6.07) is 11.1.